The first-order valence-corrected chi connectivity index (χ1v) is 8.05. The number of carbonyl (C=O) groups is 1. The Balaban J connectivity index is 1.56. The monoisotopic (exact) mass is 328 g/mol. The molecular formula is C19H24N2O3. The SMILES string of the molecule is COc1ccc(OCCCC(=O)NCCc2ccc(N)cc2)cc1. The van der Waals surface area contributed by atoms with Gasteiger partial charge in [-0.3, -0.25) is 4.79 Å². The Bertz CT molecular complexity index is 624. The number of carbonyl (C=O) groups excluding carboxylic acids is 1. The normalized spacial score (nSPS) is 10.2. The van der Waals surface area contributed by atoms with Crippen molar-refractivity contribution in [3.05, 3.63) is 54.1 Å². The van der Waals surface area contributed by atoms with E-state index in [0.717, 1.165) is 29.2 Å². The van der Waals surface area contributed by atoms with Crippen LogP contribution in [0.15, 0.2) is 48.5 Å². The van der Waals surface area contributed by atoms with Gasteiger partial charge in [-0.25, -0.2) is 0 Å². The Morgan fingerprint density at radius 3 is 2.38 bits per heavy atom. The van der Waals surface area contributed by atoms with E-state index in [1.54, 1.807) is 7.11 Å². The molecular weight excluding hydrogens is 304 g/mol. The van der Waals surface area contributed by atoms with Crippen molar-refractivity contribution in [2.24, 2.45) is 0 Å². The Morgan fingerprint density at radius 1 is 1.04 bits per heavy atom. The van der Waals surface area contributed by atoms with E-state index in [2.05, 4.69) is 5.32 Å². The van der Waals surface area contributed by atoms with E-state index in [1.807, 2.05) is 48.5 Å². The predicted molar refractivity (Wildman–Crippen MR) is 95.3 cm³/mol. The van der Waals surface area contributed by atoms with Gasteiger partial charge >= 0.3 is 0 Å². The molecule has 0 atom stereocenters. The largest absolute Gasteiger partial charge is 0.497 e. The highest BCUT2D eigenvalue weighted by atomic mass is 16.5. The number of hydrogen-bond acceptors (Lipinski definition) is 4. The molecule has 24 heavy (non-hydrogen) atoms. The number of nitrogen functional groups attached to an aromatic ring is 1. The Kier molecular flexibility index (Phi) is 6.95. The maximum Gasteiger partial charge on any atom is 0.220 e. The van der Waals surface area contributed by atoms with Crippen LogP contribution in [-0.2, 0) is 11.2 Å². The van der Waals surface area contributed by atoms with Crippen LogP contribution in [0.4, 0.5) is 5.69 Å². The molecule has 0 aliphatic heterocycles. The van der Waals surface area contributed by atoms with Crippen molar-refractivity contribution in [1.29, 1.82) is 0 Å². The third-order valence-electron chi connectivity index (χ3n) is 3.59. The molecule has 5 nitrogen and oxygen atoms in total. The second-order valence-electron chi connectivity index (χ2n) is 5.47. The zero-order valence-electron chi connectivity index (χ0n) is 14.0. The van der Waals surface area contributed by atoms with Crippen molar-refractivity contribution in [2.45, 2.75) is 19.3 Å². The summed E-state index contributed by atoms with van der Waals surface area (Å²) >= 11 is 0. The van der Waals surface area contributed by atoms with Crippen molar-refractivity contribution in [3.8, 4) is 11.5 Å². The van der Waals surface area contributed by atoms with Crippen LogP contribution in [0.5, 0.6) is 11.5 Å². The highest BCUT2D eigenvalue weighted by Gasteiger charge is 2.02. The van der Waals surface area contributed by atoms with E-state index in [4.69, 9.17) is 15.2 Å². The lowest BCUT2D eigenvalue weighted by Gasteiger charge is -2.08. The van der Waals surface area contributed by atoms with Gasteiger partial charge < -0.3 is 20.5 Å². The fraction of sp³-hybridized carbons (Fsp3) is 0.316. The van der Waals surface area contributed by atoms with Gasteiger partial charge in [0, 0.05) is 18.7 Å². The second kappa shape index (κ2) is 9.45. The summed E-state index contributed by atoms with van der Waals surface area (Å²) in [6, 6.07) is 15.1. The highest BCUT2D eigenvalue weighted by Crippen LogP contribution is 2.17. The van der Waals surface area contributed by atoms with Crippen LogP contribution in [0.1, 0.15) is 18.4 Å². The summed E-state index contributed by atoms with van der Waals surface area (Å²) in [7, 11) is 1.63. The maximum atomic E-state index is 11.8. The van der Waals surface area contributed by atoms with Crippen LogP contribution in [0, 0.1) is 0 Å². The second-order valence-corrected chi connectivity index (χ2v) is 5.47. The van der Waals surface area contributed by atoms with Gasteiger partial charge in [-0.05, 0) is 54.8 Å². The predicted octanol–water partition coefficient (Wildman–Crippen LogP) is 2.80. The fourth-order valence-electron chi connectivity index (χ4n) is 2.21. The minimum Gasteiger partial charge on any atom is -0.497 e. The van der Waals surface area contributed by atoms with Crippen LogP contribution < -0.4 is 20.5 Å². The first-order chi connectivity index (χ1) is 11.7. The molecule has 2 aromatic carbocycles. The van der Waals surface area contributed by atoms with Gasteiger partial charge in [0.05, 0.1) is 13.7 Å². The highest BCUT2D eigenvalue weighted by molar-refractivity contribution is 5.75. The Hall–Kier alpha value is -2.69. The molecule has 0 saturated carbocycles. The first kappa shape index (κ1) is 17.7. The summed E-state index contributed by atoms with van der Waals surface area (Å²) in [6.07, 6.45) is 1.94. The molecule has 0 spiro atoms. The molecule has 0 unspecified atom stereocenters. The van der Waals surface area contributed by atoms with Crippen LogP contribution in [0.3, 0.4) is 0 Å². The smallest absolute Gasteiger partial charge is 0.220 e. The molecule has 0 aliphatic carbocycles. The third-order valence-corrected chi connectivity index (χ3v) is 3.59. The number of benzene rings is 2. The van der Waals surface area contributed by atoms with Crippen molar-refractivity contribution in [1.82, 2.24) is 5.32 Å². The third kappa shape index (κ3) is 6.20. The minimum atomic E-state index is 0.0452. The molecule has 2 rings (SSSR count). The number of methoxy groups -OCH3 is 1. The molecule has 2 aromatic rings. The topological polar surface area (TPSA) is 73.6 Å². The van der Waals surface area contributed by atoms with E-state index in [0.29, 0.717) is 26.0 Å². The van der Waals surface area contributed by atoms with Gasteiger partial charge in [0.25, 0.3) is 0 Å². The summed E-state index contributed by atoms with van der Waals surface area (Å²) in [5, 5.41) is 2.92. The van der Waals surface area contributed by atoms with Crippen LogP contribution >= 0.6 is 0 Å². The van der Waals surface area contributed by atoms with Crippen molar-refractivity contribution in [3.63, 3.8) is 0 Å². The zero-order valence-corrected chi connectivity index (χ0v) is 14.0. The first-order valence-electron chi connectivity index (χ1n) is 8.05. The van der Waals surface area contributed by atoms with Gasteiger partial charge in [0.2, 0.25) is 5.91 Å². The number of hydrogen-bond donors (Lipinski definition) is 2. The molecule has 5 heteroatoms. The summed E-state index contributed by atoms with van der Waals surface area (Å²) in [5.41, 5.74) is 7.55. The quantitative estimate of drug-likeness (QED) is 0.548. The molecule has 3 N–H and O–H groups in total. The molecule has 1 amide bonds. The lowest BCUT2D eigenvalue weighted by molar-refractivity contribution is -0.121. The number of ether oxygens (including phenoxy) is 2. The maximum absolute atomic E-state index is 11.8. The number of anilines is 1. The zero-order chi connectivity index (χ0) is 17.2. The lowest BCUT2D eigenvalue weighted by Crippen LogP contribution is -2.25. The molecule has 0 saturated heterocycles. The molecule has 0 heterocycles. The number of nitrogens with one attached hydrogen (secondary N) is 1. The number of rotatable bonds is 9. The molecule has 0 aliphatic rings. The summed E-state index contributed by atoms with van der Waals surface area (Å²) in [4.78, 5) is 11.8. The van der Waals surface area contributed by atoms with Gasteiger partial charge in [-0.15, -0.1) is 0 Å². The van der Waals surface area contributed by atoms with E-state index >= 15 is 0 Å². The summed E-state index contributed by atoms with van der Waals surface area (Å²) in [5.74, 6) is 1.62. The molecule has 0 bridgehead atoms. The average molecular weight is 328 g/mol. The molecule has 128 valence electrons. The number of amides is 1. The van der Waals surface area contributed by atoms with Crippen molar-refractivity contribution < 1.29 is 14.3 Å². The molecule has 0 fully saturated rings. The van der Waals surface area contributed by atoms with Crippen LogP contribution in [0.2, 0.25) is 0 Å². The van der Waals surface area contributed by atoms with Gasteiger partial charge in [-0.1, -0.05) is 12.1 Å². The van der Waals surface area contributed by atoms with E-state index in [-0.39, 0.29) is 5.91 Å². The number of nitrogens with two attached hydrogens (primary N) is 1. The Labute approximate surface area is 142 Å². The molecule has 0 aromatic heterocycles. The van der Waals surface area contributed by atoms with E-state index < -0.39 is 0 Å². The van der Waals surface area contributed by atoms with Crippen LogP contribution in [0.25, 0.3) is 0 Å². The standard InChI is InChI=1S/C19H24N2O3/c1-23-17-8-10-18(11-9-17)24-14-2-3-19(22)21-13-12-15-4-6-16(20)7-5-15/h4-11H,2-3,12-14,20H2,1H3,(H,21,22). The molecule has 0 radical (unpaired) electrons. The van der Waals surface area contributed by atoms with E-state index in [1.165, 1.54) is 0 Å². The van der Waals surface area contributed by atoms with Gasteiger partial charge in [-0.2, -0.15) is 0 Å². The van der Waals surface area contributed by atoms with Crippen molar-refractivity contribution in [2.75, 3.05) is 26.0 Å². The van der Waals surface area contributed by atoms with Gasteiger partial charge in [0.1, 0.15) is 11.5 Å². The Morgan fingerprint density at radius 2 is 1.71 bits per heavy atom. The van der Waals surface area contributed by atoms with Gasteiger partial charge in [0.15, 0.2) is 0 Å². The lowest BCUT2D eigenvalue weighted by atomic mass is 10.1. The minimum absolute atomic E-state index is 0.0452. The van der Waals surface area contributed by atoms with E-state index in [9.17, 15) is 4.79 Å². The summed E-state index contributed by atoms with van der Waals surface area (Å²) in [6.45, 7) is 1.14. The van der Waals surface area contributed by atoms with Crippen LogP contribution in [-0.4, -0.2) is 26.2 Å². The van der Waals surface area contributed by atoms with Crippen molar-refractivity contribution >= 4 is 11.6 Å². The average Bonchev–Trinajstić information content (AvgIpc) is 2.61. The fourth-order valence-corrected chi connectivity index (χ4v) is 2.21. The summed E-state index contributed by atoms with van der Waals surface area (Å²) < 4.78 is 10.7.